The molecular formula is C21H18ClN9. The predicted molar refractivity (Wildman–Crippen MR) is 115 cm³/mol. The molecule has 10 heteroatoms. The van der Waals surface area contributed by atoms with Crippen LogP contribution in [0.3, 0.4) is 0 Å². The average molecular weight is 432 g/mol. The quantitative estimate of drug-likeness (QED) is 0.513. The zero-order valence-electron chi connectivity index (χ0n) is 16.7. The van der Waals surface area contributed by atoms with Gasteiger partial charge in [-0.2, -0.15) is 10.4 Å². The Bertz CT molecular complexity index is 1330. The van der Waals surface area contributed by atoms with Crippen LogP contribution in [0, 0.1) is 18.3 Å². The van der Waals surface area contributed by atoms with E-state index >= 15 is 0 Å². The van der Waals surface area contributed by atoms with Gasteiger partial charge < -0.3 is 5.73 Å². The van der Waals surface area contributed by atoms with Gasteiger partial charge in [-0.15, -0.1) is 5.10 Å². The number of anilines is 1. The van der Waals surface area contributed by atoms with Crippen molar-refractivity contribution in [2.45, 2.75) is 32.4 Å². The van der Waals surface area contributed by atoms with Crippen molar-refractivity contribution in [3.8, 4) is 28.8 Å². The molecule has 3 aromatic heterocycles. The second kappa shape index (κ2) is 7.49. The number of hydrogen-bond donors (Lipinski definition) is 1. The van der Waals surface area contributed by atoms with Crippen LogP contribution in [0.4, 0.5) is 5.82 Å². The van der Waals surface area contributed by atoms with E-state index in [1.807, 2.05) is 29.9 Å². The molecule has 0 bridgehead atoms. The monoisotopic (exact) mass is 431 g/mol. The van der Waals surface area contributed by atoms with Crippen LogP contribution in [0.1, 0.15) is 35.7 Å². The van der Waals surface area contributed by atoms with Gasteiger partial charge in [0.1, 0.15) is 22.2 Å². The summed E-state index contributed by atoms with van der Waals surface area (Å²) in [6.45, 7) is 2.33. The molecule has 0 spiro atoms. The summed E-state index contributed by atoms with van der Waals surface area (Å²) in [6.07, 6.45) is 6.12. The van der Waals surface area contributed by atoms with E-state index < -0.39 is 0 Å². The van der Waals surface area contributed by atoms with E-state index in [0.29, 0.717) is 40.9 Å². The van der Waals surface area contributed by atoms with Crippen molar-refractivity contribution in [1.29, 1.82) is 5.26 Å². The second-order valence-corrected chi connectivity index (χ2v) is 7.88. The zero-order valence-corrected chi connectivity index (χ0v) is 17.5. The fraction of sp³-hybridized carbons (Fsp3) is 0.238. The lowest BCUT2D eigenvalue weighted by Gasteiger charge is -2.09. The lowest BCUT2D eigenvalue weighted by atomic mass is 10.0. The Morgan fingerprint density at radius 3 is 2.87 bits per heavy atom. The SMILES string of the molecule is Cc1c(C#N)cccc1-c1nc(N)c(Cl)c(-c2cn(Cc3ccn(C4CC4)n3)nn2)n1. The molecule has 1 aliphatic carbocycles. The maximum absolute atomic E-state index is 9.32. The minimum atomic E-state index is 0.140. The van der Waals surface area contributed by atoms with Crippen molar-refractivity contribution in [2.75, 3.05) is 5.73 Å². The molecule has 5 rings (SSSR count). The van der Waals surface area contributed by atoms with Gasteiger partial charge in [-0.1, -0.05) is 28.9 Å². The Morgan fingerprint density at radius 2 is 2.10 bits per heavy atom. The van der Waals surface area contributed by atoms with Gasteiger partial charge in [0, 0.05) is 11.8 Å². The normalized spacial score (nSPS) is 13.3. The van der Waals surface area contributed by atoms with Crippen molar-refractivity contribution >= 4 is 17.4 Å². The maximum Gasteiger partial charge on any atom is 0.162 e. The molecule has 0 amide bonds. The van der Waals surface area contributed by atoms with Crippen molar-refractivity contribution < 1.29 is 0 Å². The summed E-state index contributed by atoms with van der Waals surface area (Å²) in [6, 6.07) is 10.1. The van der Waals surface area contributed by atoms with Crippen LogP contribution in [0.15, 0.2) is 36.7 Å². The van der Waals surface area contributed by atoms with Crippen LogP contribution in [0.5, 0.6) is 0 Å². The third-order valence-electron chi connectivity index (χ3n) is 5.26. The molecule has 0 saturated heterocycles. The van der Waals surface area contributed by atoms with Gasteiger partial charge in [0.25, 0.3) is 0 Å². The Labute approximate surface area is 183 Å². The minimum Gasteiger partial charge on any atom is -0.382 e. The smallest absolute Gasteiger partial charge is 0.162 e. The lowest BCUT2D eigenvalue weighted by molar-refractivity contribution is 0.595. The molecule has 0 radical (unpaired) electrons. The number of aromatic nitrogens is 7. The third kappa shape index (κ3) is 3.62. The lowest BCUT2D eigenvalue weighted by Crippen LogP contribution is -2.03. The van der Waals surface area contributed by atoms with Crippen LogP contribution >= 0.6 is 11.6 Å². The molecule has 154 valence electrons. The standard InChI is InChI=1S/C21H18ClN9/c1-12-13(9-23)3-2-4-16(12)21-25-19(18(22)20(24)26-21)17-11-30(29-27-17)10-14-7-8-31(28-14)15-5-6-15/h2-4,7-8,11,15H,5-6,10H2,1H3,(H2,24,25,26). The largest absolute Gasteiger partial charge is 0.382 e. The highest BCUT2D eigenvalue weighted by molar-refractivity contribution is 6.35. The molecule has 2 N–H and O–H groups in total. The highest BCUT2D eigenvalue weighted by Crippen LogP contribution is 2.34. The first kappa shape index (κ1) is 19.2. The van der Waals surface area contributed by atoms with Gasteiger partial charge in [0.05, 0.1) is 36.1 Å². The summed E-state index contributed by atoms with van der Waals surface area (Å²) < 4.78 is 3.68. The van der Waals surface area contributed by atoms with E-state index in [9.17, 15) is 5.26 Å². The number of nitrogen functional groups attached to an aromatic ring is 1. The van der Waals surface area contributed by atoms with E-state index in [-0.39, 0.29) is 10.8 Å². The summed E-state index contributed by atoms with van der Waals surface area (Å²) in [4.78, 5) is 8.92. The number of nitriles is 1. The number of benzene rings is 1. The molecule has 4 aromatic rings. The van der Waals surface area contributed by atoms with E-state index in [0.717, 1.165) is 11.3 Å². The molecule has 1 aliphatic rings. The van der Waals surface area contributed by atoms with Crippen LogP contribution in [-0.2, 0) is 6.54 Å². The van der Waals surface area contributed by atoms with Crippen LogP contribution in [0.25, 0.3) is 22.8 Å². The average Bonchev–Trinajstić information content (AvgIpc) is 3.34. The minimum absolute atomic E-state index is 0.140. The first-order valence-electron chi connectivity index (χ1n) is 9.81. The number of hydrogen-bond acceptors (Lipinski definition) is 7. The van der Waals surface area contributed by atoms with Gasteiger partial charge >= 0.3 is 0 Å². The van der Waals surface area contributed by atoms with Gasteiger partial charge in [0.2, 0.25) is 0 Å². The molecule has 1 fully saturated rings. The van der Waals surface area contributed by atoms with E-state index in [2.05, 4.69) is 31.4 Å². The highest BCUT2D eigenvalue weighted by Gasteiger charge is 2.24. The molecular weight excluding hydrogens is 414 g/mol. The Balaban J connectivity index is 1.48. The van der Waals surface area contributed by atoms with E-state index in [1.54, 1.807) is 23.0 Å². The summed E-state index contributed by atoms with van der Waals surface area (Å²) in [5.74, 6) is 0.519. The number of nitrogens with zero attached hydrogens (tertiary/aromatic N) is 8. The summed E-state index contributed by atoms with van der Waals surface area (Å²) in [5.41, 5.74) is 9.87. The third-order valence-corrected chi connectivity index (χ3v) is 5.63. The Kier molecular flexibility index (Phi) is 4.64. The van der Waals surface area contributed by atoms with E-state index in [1.165, 1.54) is 12.8 Å². The topological polar surface area (TPSA) is 124 Å². The fourth-order valence-corrected chi connectivity index (χ4v) is 3.59. The molecule has 3 heterocycles. The van der Waals surface area contributed by atoms with Crippen molar-refractivity contribution in [3.63, 3.8) is 0 Å². The van der Waals surface area contributed by atoms with Crippen molar-refractivity contribution in [2.24, 2.45) is 0 Å². The fourth-order valence-electron chi connectivity index (χ4n) is 3.41. The maximum atomic E-state index is 9.32. The second-order valence-electron chi connectivity index (χ2n) is 7.50. The Morgan fingerprint density at radius 1 is 1.26 bits per heavy atom. The number of halogens is 1. The van der Waals surface area contributed by atoms with Gasteiger partial charge in [-0.3, -0.25) is 4.68 Å². The molecule has 0 atom stereocenters. The Hall–Kier alpha value is -3.77. The molecule has 1 aromatic carbocycles. The van der Waals surface area contributed by atoms with Crippen molar-refractivity contribution in [1.82, 2.24) is 34.7 Å². The number of rotatable bonds is 5. The molecule has 0 aliphatic heterocycles. The van der Waals surface area contributed by atoms with Gasteiger partial charge in [-0.05, 0) is 37.5 Å². The first-order valence-corrected chi connectivity index (χ1v) is 10.2. The summed E-state index contributed by atoms with van der Waals surface area (Å²) in [5, 5.41) is 22.5. The van der Waals surface area contributed by atoms with Gasteiger partial charge in [0.15, 0.2) is 5.82 Å². The predicted octanol–water partition coefficient (Wildman–Crippen LogP) is 3.40. The summed E-state index contributed by atoms with van der Waals surface area (Å²) in [7, 11) is 0. The van der Waals surface area contributed by atoms with Crippen LogP contribution < -0.4 is 5.73 Å². The van der Waals surface area contributed by atoms with Crippen molar-refractivity contribution in [3.05, 3.63) is 58.5 Å². The highest BCUT2D eigenvalue weighted by atomic mass is 35.5. The summed E-state index contributed by atoms with van der Waals surface area (Å²) >= 11 is 6.41. The molecule has 1 saturated carbocycles. The first-order chi connectivity index (χ1) is 15.0. The van der Waals surface area contributed by atoms with E-state index in [4.69, 9.17) is 17.3 Å². The zero-order chi connectivity index (χ0) is 21.5. The molecule has 9 nitrogen and oxygen atoms in total. The number of nitrogens with two attached hydrogens (primary N) is 1. The molecule has 31 heavy (non-hydrogen) atoms. The van der Waals surface area contributed by atoms with Crippen LogP contribution in [-0.4, -0.2) is 34.7 Å². The van der Waals surface area contributed by atoms with Crippen LogP contribution in [0.2, 0.25) is 5.02 Å². The molecule has 0 unspecified atom stereocenters. The van der Waals surface area contributed by atoms with Gasteiger partial charge in [-0.25, -0.2) is 14.6 Å².